The van der Waals surface area contributed by atoms with Crippen molar-refractivity contribution in [3.8, 4) is 34.0 Å². The summed E-state index contributed by atoms with van der Waals surface area (Å²) in [5.74, 6) is 0.918. The van der Waals surface area contributed by atoms with Crippen molar-refractivity contribution in [3.05, 3.63) is 157 Å². The zero-order chi connectivity index (χ0) is 34.3. The second-order valence-corrected chi connectivity index (χ2v) is 12.5. The van der Waals surface area contributed by atoms with Gasteiger partial charge in [0, 0.05) is 23.0 Å². The molecule has 0 atom stereocenters. The van der Waals surface area contributed by atoms with E-state index in [1.807, 2.05) is 91.0 Å². The fourth-order valence-corrected chi connectivity index (χ4v) is 7.32. The third-order valence-electron chi connectivity index (χ3n) is 9.58. The molecule has 52 heavy (non-hydrogen) atoms. The molecule has 0 saturated carbocycles. The second kappa shape index (κ2) is 12.1. The van der Waals surface area contributed by atoms with Gasteiger partial charge in [-0.3, -0.25) is 4.57 Å². The fourth-order valence-electron chi connectivity index (χ4n) is 7.32. The van der Waals surface area contributed by atoms with E-state index in [1.54, 1.807) is 4.57 Å². The molecule has 0 aliphatic rings. The minimum atomic E-state index is -4.51. The van der Waals surface area contributed by atoms with E-state index >= 15 is 0 Å². The Kier molecular flexibility index (Phi) is 7.42. The van der Waals surface area contributed by atoms with Crippen LogP contribution in [-0.4, -0.2) is 19.1 Å². The van der Waals surface area contributed by atoms with Crippen molar-refractivity contribution >= 4 is 54.6 Å². The summed E-state index contributed by atoms with van der Waals surface area (Å²) in [7, 11) is 0. The Labute approximate surface area is 309 Å². The normalized spacial score (nSPS) is 12.0. The number of para-hydroxylation sites is 5. The number of aromatic nitrogens is 5. The monoisotopic (exact) mass is 862 g/mol. The molecular weight excluding hydrogens is 839 g/mol. The summed E-state index contributed by atoms with van der Waals surface area (Å²) in [5.41, 5.74) is 7.52. The van der Waals surface area contributed by atoms with Crippen LogP contribution in [0.5, 0.6) is 0 Å². The van der Waals surface area contributed by atoms with E-state index < -0.39 is 11.7 Å². The molecule has 0 aliphatic heterocycles. The molecule has 4 heterocycles. The van der Waals surface area contributed by atoms with Gasteiger partial charge in [0.15, 0.2) is 0 Å². The van der Waals surface area contributed by atoms with E-state index in [-0.39, 0.29) is 26.9 Å². The molecule has 9 heteroatoms. The first-order valence-corrected chi connectivity index (χ1v) is 16.4. The van der Waals surface area contributed by atoms with E-state index in [0.29, 0.717) is 5.52 Å². The van der Waals surface area contributed by atoms with Crippen LogP contribution in [0.2, 0.25) is 0 Å². The molecule has 4 aromatic heterocycles. The van der Waals surface area contributed by atoms with Gasteiger partial charge in [-0.2, -0.15) is 13.2 Å². The topological polar surface area (TPSA) is 49.7 Å². The van der Waals surface area contributed by atoms with Gasteiger partial charge in [-0.1, -0.05) is 102 Å². The van der Waals surface area contributed by atoms with Crippen LogP contribution in [0.15, 0.2) is 146 Å². The quantitative estimate of drug-likeness (QED) is 0.166. The first-order valence-electron chi connectivity index (χ1n) is 16.4. The molecule has 0 aliphatic carbocycles. The number of hydrogen-bond donors (Lipinski definition) is 0. The van der Waals surface area contributed by atoms with Crippen LogP contribution in [-0.2, 0) is 27.2 Å². The zero-order valence-electron chi connectivity index (χ0n) is 27.0. The van der Waals surface area contributed by atoms with Gasteiger partial charge < -0.3 is 9.55 Å². The number of pyridine rings is 1. The van der Waals surface area contributed by atoms with Crippen molar-refractivity contribution in [2.75, 3.05) is 0 Å². The number of halogens is 3. The summed E-state index contributed by atoms with van der Waals surface area (Å²) < 4.78 is 45.4. The van der Waals surface area contributed by atoms with E-state index in [0.717, 1.165) is 89.5 Å². The predicted octanol–water partition coefficient (Wildman–Crippen LogP) is 10.9. The molecule has 5 nitrogen and oxygen atoms in total. The number of benzene rings is 6. The minimum absolute atomic E-state index is 0. The number of nitrogens with zero attached hydrogens (tertiary/aromatic N) is 5. The number of alkyl halides is 3. The summed E-state index contributed by atoms with van der Waals surface area (Å²) in [6.45, 7) is 0. The number of fused-ring (bicyclic) bond motifs is 7. The maximum Gasteiger partial charge on any atom is 2.00 e. The van der Waals surface area contributed by atoms with Crippen molar-refractivity contribution < 1.29 is 34.2 Å². The average Bonchev–Trinajstić information content (AvgIpc) is 3.84. The molecule has 0 amide bonds. The van der Waals surface area contributed by atoms with Gasteiger partial charge in [-0.15, -0.1) is 34.8 Å². The SMILES string of the molecule is FC(F)(F)c1ccnc(-n2c3[c-]c(-c4cccc5c4nc(-c4cccc6c4[n-]c4ccccc46)n5-c4ccccc4)ccc3c3ccccc32)c1.[Pt+2]. The molecule has 0 saturated heterocycles. The predicted molar refractivity (Wildman–Crippen MR) is 196 cm³/mol. The summed E-state index contributed by atoms with van der Waals surface area (Å²) in [5, 5.41) is 3.90. The summed E-state index contributed by atoms with van der Waals surface area (Å²) in [4.78, 5) is 14.8. The molecule has 6 aromatic carbocycles. The molecule has 10 rings (SSSR count). The maximum atomic E-state index is 13.8. The first-order chi connectivity index (χ1) is 24.9. The van der Waals surface area contributed by atoms with Gasteiger partial charge in [0.2, 0.25) is 0 Å². The largest absolute Gasteiger partial charge is 2.00 e. The number of hydrogen-bond acceptors (Lipinski definition) is 2. The number of rotatable bonds is 4. The second-order valence-electron chi connectivity index (χ2n) is 12.5. The van der Waals surface area contributed by atoms with Crippen LogP contribution in [0.3, 0.4) is 0 Å². The molecule has 10 aromatic rings. The Morgan fingerprint density at radius 2 is 1.33 bits per heavy atom. The van der Waals surface area contributed by atoms with Crippen LogP contribution < -0.4 is 4.98 Å². The zero-order valence-corrected chi connectivity index (χ0v) is 29.3. The van der Waals surface area contributed by atoms with Crippen molar-refractivity contribution in [1.29, 1.82) is 0 Å². The first kappa shape index (κ1) is 32.0. The summed E-state index contributed by atoms with van der Waals surface area (Å²) in [6, 6.07) is 47.8. The van der Waals surface area contributed by atoms with Gasteiger partial charge >= 0.3 is 27.2 Å². The van der Waals surface area contributed by atoms with Crippen LogP contribution in [0.4, 0.5) is 13.2 Å². The Morgan fingerprint density at radius 3 is 2.17 bits per heavy atom. The third kappa shape index (κ3) is 4.89. The molecule has 0 unspecified atom stereocenters. The smallest absolute Gasteiger partial charge is 0.656 e. The van der Waals surface area contributed by atoms with Crippen LogP contribution in [0.25, 0.3) is 88.7 Å². The van der Waals surface area contributed by atoms with E-state index in [1.165, 1.54) is 6.20 Å². The Bertz CT molecular complexity index is 2980. The molecule has 0 spiro atoms. The third-order valence-corrected chi connectivity index (χ3v) is 9.58. The van der Waals surface area contributed by atoms with Crippen molar-refractivity contribution in [2.24, 2.45) is 0 Å². The van der Waals surface area contributed by atoms with Crippen molar-refractivity contribution in [2.45, 2.75) is 6.18 Å². The Balaban J connectivity index is 0.00000360. The van der Waals surface area contributed by atoms with Crippen LogP contribution in [0.1, 0.15) is 5.56 Å². The van der Waals surface area contributed by atoms with E-state index in [9.17, 15) is 13.2 Å². The van der Waals surface area contributed by atoms with Gasteiger partial charge in [0.05, 0.1) is 16.6 Å². The Morgan fingerprint density at radius 1 is 0.615 bits per heavy atom. The molecule has 0 radical (unpaired) electrons. The van der Waals surface area contributed by atoms with Crippen LogP contribution in [0, 0.1) is 6.07 Å². The fraction of sp³-hybridized carbons (Fsp3) is 0.0233. The average molecular weight is 863 g/mol. The van der Waals surface area contributed by atoms with Gasteiger partial charge in [-0.05, 0) is 58.1 Å². The molecule has 0 N–H and O–H groups in total. The van der Waals surface area contributed by atoms with Crippen LogP contribution >= 0.6 is 0 Å². The van der Waals surface area contributed by atoms with Crippen molar-refractivity contribution in [1.82, 2.24) is 24.1 Å². The molecular formula is C43H24F3N5Pt. The maximum absolute atomic E-state index is 13.8. The van der Waals surface area contributed by atoms with E-state index in [4.69, 9.17) is 9.97 Å². The number of imidazole rings is 1. The molecule has 0 fully saturated rings. The molecule has 0 bridgehead atoms. The standard InChI is InChI=1S/C43H24F3N5.Pt/c44-43(45,46)27-22-23-47-39(25-27)51-36-18-7-5-13-31(36)32-21-20-26(24-38(32)51)29-14-9-19-37-41(29)49-42(50(37)28-10-2-1-3-11-28)34-16-8-15-33-30-12-4-6-17-35(30)48-40(33)34;/h1-23,25H;/q-2;+2. The van der Waals surface area contributed by atoms with Crippen molar-refractivity contribution in [3.63, 3.8) is 0 Å². The molecule has 252 valence electrons. The van der Waals surface area contributed by atoms with Gasteiger partial charge in [-0.25, -0.2) is 9.97 Å². The van der Waals surface area contributed by atoms with Gasteiger partial charge in [0.1, 0.15) is 11.6 Å². The summed E-state index contributed by atoms with van der Waals surface area (Å²) >= 11 is 0. The van der Waals surface area contributed by atoms with Gasteiger partial charge in [0.25, 0.3) is 0 Å². The minimum Gasteiger partial charge on any atom is -0.656 e. The summed E-state index contributed by atoms with van der Waals surface area (Å²) in [6.07, 6.45) is -3.31. The van der Waals surface area contributed by atoms with E-state index in [2.05, 4.69) is 52.0 Å². The Hall–Kier alpha value is -5.98.